The number of nitrogens with one attached hydrogen (secondary N) is 1. The van der Waals surface area contributed by atoms with Crippen LogP contribution in [-0.4, -0.2) is 35.2 Å². The first-order chi connectivity index (χ1) is 17.1. The van der Waals surface area contributed by atoms with E-state index in [1.165, 1.54) is 23.9 Å². The number of methoxy groups -OCH3 is 1. The molecule has 8 heteroatoms. The molecule has 3 aromatic carbocycles. The lowest BCUT2D eigenvalue weighted by molar-refractivity contribution is -0.123. The number of aryl methyl sites for hydroxylation is 1. The van der Waals surface area contributed by atoms with Crippen LogP contribution < -0.4 is 15.0 Å². The Morgan fingerprint density at radius 2 is 1.78 bits per heavy atom. The predicted octanol–water partition coefficient (Wildman–Crippen LogP) is 5.90. The molecule has 1 atom stereocenters. The number of hydrogen-bond donors (Lipinski definition) is 1. The minimum atomic E-state index is -1.21. The molecule has 0 aliphatic carbocycles. The number of carbonyl (C=O) groups is 2. The van der Waals surface area contributed by atoms with Gasteiger partial charge in [-0.2, -0.15) is 0 Å². The molecule has 5 rings (SSSR count). The van der Waals surface area contributed by atoms with Crippen LogP contribution in [0.1, 0.15) is 30.5 Å². The SMILES string of the molecule is COc1ccc(NC(=O)N2CC(C)(C)S[C@@]23C(=O)N(Cc2ccc(F)cc2)c2ccc(C)cc23)cc1. The summed E-state index contributed by atoms with van der Waals surface area (Å²) in [6.45, 7) is 6.75. The summed E-state index contributed by atoms with van der Waals surface area (Å²) < 4.78 is 18.4. The van der Waals surface area contributed by atoms with E-state index < -0.39 is 4.87 Å². The second-order valence-corrected chi connectivity index (χ2v) is 11.7. The van der Waals surface area contributed by atoms with Crippen molar-refractivity contribution in [3.8, 4) is 5.75 Å². The molecule has 1 spiro atoms. The minimum Gasteiger partial charge on any atom is -0.497 e. The Balaban J connectivity index is 1.55. The Bertz CT molecular complexity index is 1330. The van der Waals surface area contributed by atoms with E-state index in [2.05, 4.69) is 5.32 Å². The first-order valence-electron chi connectivity index (χ1n) is 11.7. The number of hydrogen-bond acceptors (Lipinski definition) is 4. The van der Waals surface area contributed by atoms with Crippen LogP contribution in [0, 0.1) is 12.7 Å². The van der Waals surface area contributed by atoms with Gasteiger partial charge in [-0.15, -0.1) is 11.8 Å². The molecule has 6 nitrogen and oxygen atoms in total. The molecule has 0 unspecified atom stereocenters. The monoisotopic (exact) mass is 505 g/mol. The quantitative estimate of drug-likeness (QED) is 0.480. The highest BCUT2D eigenvalue weighted by atomic mass is 32.2. The zero-order valence-corrected chi connectivity index (χ0v) is 21.5. The van der Waals surface area contributed by atoms with Gasteiger partial charge in [0.25, 0.3) is 5.91 Å². The Morgan fingerprint density at radius 1 is 1.08 bits per heavy atom. The van der Waals surface area contributed by atoms with E-state index in [-0.39, 0.29) is 29.0 Å². The minimum absolute atomic E-state index is 0.173. The summed E-state index contributed by atoms with van der Waals surface area (Å²) in [6.07, 6.45) is 0. The number of urea groups is 1. The van der Waals surface area contributed by atoms with Crippen LogP contribution >= 0.6 is 11.8 Å². The number of thioether (sulfide) groups is 1. The highest BCUT2D eigenvalue weighted by molar-refractivity contribution is 8.02. The number of rotatable bonds is 4. The van der Waals surface area contributed by atoms with E-state index in [1.54, 1.807) is 53.3 Å². The number of carbonyl (C=O) groups excluding carboxylic acids is 2. The van der Waals surface area contributed by atoms with E-state index >= 15 is 0 Å². The maximum absolute atomic E-state index is 14.3. The molecular formula is C28H28FN3O3S. The summed E-state index contributed by atoms with van der Waals surface area (Å²) in [7, 11) is 1.59. The molecule has 0 aromatic heterocycles. The maximum atomic E-state index is 14.3. The lowest BCUT2D eigenvalue weighted by Crippen LogP contribution is -2.51. The van der Waals surface area contributed by atoms with E-state index in [1.807, 2.05) is 39.0 Å². The van der Waals surface area contributed by atoms with Gasteiger partial charge in [0.2, 0.25) is 0 Å². The molecule has 0 radical (unpaired) electrons. The fourth-order valence-corrected chi connectivity index (χ4v) is 6.63. The van der Waals surface area contributed by atoms with E-state index in [0.29, 0.717) is 18.0 Å². The van der Waals surface area contributed by atoms with Crippen LogP contribution in [0.3, 0.4) is 0 Å². The summed E-state index contributed by atoms with van der Waals surface area (Å²) in [6, 6.07) is 18.8. The normalized spacial score (nSPS) is 20.1. The fourth-order valence-electron chi connectivity index (χ4n) is 4.91. The van der Waals surface area contributed by atoms with Gasteiger partial charge < -0.3 is 15.0 Å². The topological polar surface area (TPSA) is 61.9 Å². The standard InChI is InChI=1S/C28H28FN3O3S/c1-18-5-14-24-23(15-18)28(25(33)31(24)16-19-6-8-20(29)9-7-19)32(17-27(2,3)36-28)26(34)30-21-10-12-22(35-4)13-11-21/h5-15H,16-17H2,1-4H3,(H,30,34)/t28-/m0/s1. The van der Waals surface area contributed by atoms with Crippen LogP contribution in [0.25, 0.3) is 0 Å². The van der Waals surface area contributed by atoms with Crippen molar-refractivity contribution in [1.29, 1.82) is 0 Å². The zero-order valence-electron chi connectivity index (χ0n) is 20.7. The Labute approximate surface area is 214 Å². The Morgan fingerprint density at radius 3 is 2.44 bits per heavy atom. The third-order valence-corrected chi connectivity index (χ3v) is 8.12. The van der Waals surface area contributed by atoms with Crippen molar-refractivity contribution >= 4 is 35.1 Å². The first-order valence-corrected chi connectivity index (χ1v) is 12.5. The molecule has 36 heavy (non-hydrogen) atoms. The second-order valence-electron chi connectivity index (χ2n) is 9.79. The van der Waals surface area contributed by atoms with Gasteiger partial charge in [0.15, 0.2) is 4.87 Å². The van der Waals surface area contributed by atoms with E-state index in [0.717, 1.165) is 22.4 Å². The van der Waals surface area contributed by atoms with Crippen LogP contribution in [0.15, 0.2) is 66.7 Å². The van der Waals surface area contributed by atoms with E-state index in [9.17, 15) is 14.0 Å². The van der Waals surface area contributed by atoms with Crippen LogP contribution in [0.4, 0.5) is 20.6 Å². The highest BCUT2D eigenvalue weighted by Gasteiger charge is 2.63. The summed E-state index contributed by atoms with van der Waals surface area (Å²) in [5, 5.41) is 2.97. The molecule has 2 heterocycles. The molecule has 0 saturated carbocycles. The molecule has 3 amide bonds. The number of anilines is 2. The lowest BCUT2D eigenvalue weighted by atomic mass is 10.0. The average Bonchev–Trinajstić information content (AvgIpc) is 3.27. The number of ether oxygens (including phenoxy) is 1. The lowest BCUT2D eigenvalue weighted by Gasteiger charge is -2.33. The number of benzene rings is 3. The van der Waals surface area contributed by atoms with Gasteiger partial charge in [-0.1, -0.05) is 29.8 Å². The van der Waals surface area contributed by atoms with Gasteiger partial charge in [-0.3, -0.25) is 9.69 Å². The van der Waals surface area contributed by atoms with Gasteiger partial charge in [-0.05, 0) is 68.8 Å². The van der Waals surface area contributed by atoms with Crippen molar-refractivity contribution in [1.82, 2.24) is 4.90 Å². The first kappa shape index (κ1) is 24.2. The third-order valence-electron chi connectivity index (χ3n) is 6.53. The van der Waals surface area contributed by atoms with Crippen LogP contribution in [-0.2, 0) is 16.2 Å². The van der Waals surface area contributed by atoms with Gasteiger partial charge in [0, 0.05) is 22.5 Å². The zero-order chi connectivity index (χ0) is 25.7. The number of amides is 3. The number of fused-ring (bicyclic) bond motifs is 2. The Kier molecular flexibility index (Phi) is 5.95. The van der Waals surface area contributed by atoms with Crippen molar-refractivity contribution in [2.75, 3.05) is 23.9 Å². The van der Waals surface area contributed by atoms with Crippen LogP contribution in [0.2, 0.25) is 0 Å². The highest BCUT2D eigenvalue weighted by Crippen LogP contribution is 2.60. The number of nitrogens with zero attached hydrogens (tertiary/aromatic N) is 2. The van der Waals surface area contributed by atoms with Crippen molar-refractivity contribution in [2.45, 2.75) is 36.9 Å². The van der Waals surface area contributed by atoms with Gasteiger partial charge in [-0.25, -0.2) is 9.18 Å². The maximum Gasteiger partial charge on any atom is 0.323 e. The van der Waals surface area contributed by atoms with Crippen molar-refractivity contribution < 1.29 is 18.7 Å². The van der Waals surface area contributed by atoms with Gasteiger partial charge in [0.1, 0.15) is 11.6 Å². The predicted molar refractivity (Wildman–Crippen MR) is 141 cm³/mol. The molecule has 3 aromatic rings. The van der Waals surface area contributed by atoms with Crippen molar-refractivity contribution in [3.63, 3.8) is 0 Å². The smallest absolute Gasteiger partial charge is 0.323 e. The molecule has 2 aliphatic rings. The van der Waals surface area contributed by atoms with Gasteiger partial charge >= 0.3 is 6.03 Å². The summed E-state index contributed by atoms with van der Waals surface area (Å²) >= 11 is 1.50. The molecular weight excluding hydrogens is 477 g/mol. The molecule has 1 fully saturated rings. The summed E-state index contributed by atoms with van der Waals surface area (Å²) in [5.74, 6) is 0.190. The molecule has 1 saturated heterocycles. The fraction of sp³-hybridized carbons (Fsp3) is 0.286. The van der Waals surface area contributed by atoms with Crippen molar-refractivity contribution in [3.05, 3.63) is 89.2 Å². The third kappa shape index (κ3) is 4.09. The molecule has 186 valence electrons. The second kappa shape index (κ2) is 8.85. The molecule has 0 bridgehead atoms. The molecule has 2 aliphatic heterocycles. The molecule has 1 N–H and O–H groups in total. The largest absolute Gasteiger partial charge is 0.497 e. The van der Waals surface area contributed by atoms with E-state index in [4.69, 9.17) is 4.74 Å². The summed E-state index contributed by atoms with van der Waals surface area (Å²) in [4.78, 5) is 30.2. The van der Waals surface area contributed by atoms with Crippen molar-refractivity contribution in [2.24, 2.45) is 0 Å². The Hall–Kier alpha value is -3.52. The van der Waals surface area contributed by atoms with Crippen LogP contribution in [0.5, 0.6) is 5.75 Å². The average molecular weight is 506 g/mol. The number of halogens is 1. The summed E-state index contributed by atoms with van der Waals surface area (Å²) in [5.41, 5.74) is 4.00. The van der Waals surface area contributed by atoms with Gasteiger partial charge in [0.05, 0.1) is 19.3 Å².